The maximum Gasteiger partial charge on any atom is 0.214 e. The Morgan fingerprint density at radius 1 is 1.16 bits per heavy atom. The van der Waals surface area contributed by atoms with E-state index in [1.54, 1.807) is 4.31 Å². The van der Waals surface area contributed by atoms with E-state index >= 15 is 0 Å². The lowest BCUT2D eigenvalue weighted by Gasteiger charge is -2.33. The van der Waals surface area contributed by atoms with Gasteiger partial charge in [-0.05, 0) is 46.1 Å². The van der Waals surface area contributed by atoms with Crippen LogP contribution in [0.1, 0.15) is 46.0 Å². The van der Waals surface area contributed by atoms with E-state index in [9.17, 15) is 8.42 Å². The lowest BCUT2D eigenvalue weighted by molar-refractivity contribution is 0.160. The normalized spacial score (nSPS) is 25.2. The predicted octanol–water partition coefficient (Wildman–Crippen LogP) is 0.842. The molecule has 2 rings (SSSR count). The van der Waals surface area contributed by atoms with Crippen molar-refractivity contribution in [3.63, 3.8) is 0 Å². The van der Waals surface area contributed by atoms with Gasteiger partial charge in [-0.3, -0.25) is 4.99 Å². The van der Waals surface area contributed by atoms with Gasteiger partial charge >= 0.3 is 0 Å². The fourth-order valence-electron chi connectivity index (χ4n) is 3.54. The molecule has 7 nitrogen and oxygen atoms in total. The molecule has 0 aliphatic carbocycles. The van der Waals surface area contributed by atoms with Crippen LogP contribution in [0.3, 0.4) is 0 Å². The third-order valence-electron chi connectivity index (χ3n) is 5.02. The Labute approximate surface area is 153 Å². The first-order valence-corrected chi connectivity index (χ1v) is 11.4. The molecular formula is C17H35N5O2S. The zero-order valence-corrected chi connectivity index (χ0v) is 16.7. The number of nitrogens with zero attached hydrogens (tertiary/aromatic N) is 3. The van der Waals surface area contributed by atoms with Gasteiger partial charge in [-0.1, -0.05) is 6.42 Å². The minimum Gasteiger partial charge on any atom is -0.357 e. The highest BCUT2D eigenvalue weighted by Crippen LogP contribution is 2.16. The van der Waals surface area contributed by atoms with Crippen LogP contribution in [0.25, 0.3) is 0 Å². The number of hydrogen-bond acceptors (Lipinski definition) is 4. The minimum atomic E-state index is -3.01. The van der Waals surface area contributed by atoms with Crippen LogP contribution < -0.4 is 10.6 Å². The zero-order valence-electron chi connectivity index (χ0n) is 15.8. The van der Waals surface area contributed by atoms with E-state index < -0.39 is 10.0 Å². The van der Waals surface area contributed by atoms with Crippen LogP contribution in [0.15, 0.2) is 4.99 Å². The van der Waals surface area contributed by atoms with Crippen LogP contribution in [0, 0.1) is 0 Å². The van der Waals surface area contributed by atoms with Crippen molar-refractivity contribution in [1.82, 2.24) is 19.8 Å². The number of nitrogens with one attached hydrogen (secondary N) is 2. The van der Waals surface area contributed by atoms with Crippen molar-refractivity contribution in [2.75, 3.05) is 51.6 Å². The molecule has 25 heavy (non-hydrogen) atoms. The molecule has 146 valence electrons. The van der Waals surface area contributed by atoms with E-state index in [1.165, 1.54) is 25.8 Å². The largest absolute Gasteiger partial charge is 0.357 e. The summed E-state index contributed by atoms with van der Waals surface area (Å²) < 4.78 is 25.2. The molecule has 0 amide bonds. The van der Waals surface area contributed by atoms with Crippen LogP contribution >= 0.6 is 0 Å². The molecule has 2 fully saturated rings. The van der Waals surface area contributed by atoms with Gasteiger partial charge in [-0.2, -0.15) is 0 Å². The van der Waals surface area contributed by atoms with Crippen molar-refractivity contribution >= 4 is 16.0 Å². The monoisotopic (exact) mass is 373 g/mol. The van der Waals surface area contributed by atoms with Gasteiger partial charge in [0.25, 0.3) is 0 Å². The summed E-state index contributed by atoms with van der Waals surface area (Å²) in [6.07, 6.45) is 5.79. The van der Waals surface area contributed by atoms with Gasteiger partial charge in [0.2, 0.25) is 10.0 Å². The standard InChI is InChI=1S/C17H35N5O2S/c1-3-18-17(20-10-14-22-13-7-15-25(22,23)24)19-9-6-12-21-11-5-4-8-16(21)2/h16H,3-15H2,1-2H3,(H2,18,19,20). The predicted molar refractivity (Wildman–Crippen MR) is 103 cm³/mol. The highest BCUT2D eigenvalue weighted by Gasteiger charge is 2.27. The second-order valence-electron chi connectivity index (χ2n) is 6.99. The summed E-state index contributed by atoms with van der Waals surface area (Å²) in [5.74, 6) is 1.07. The van der Waals surface area contributed by atoms with Gasteiger partial charge in [0.05, 0.1) is 5.75 Å². The summed E-state index contributed by atoms with van der Waals surface area (Å²) in [5.41, 5.74) is 0. The Hall–Kier alpha value is -0.860. The maximum atomic E-state index is 11.8. The van der Waals surface area contributed by atoms with Gasteiger partial charge in [-0.25, -0.2) is 12.7 Å². The second-order valence-corrected chi connectivity index (χ2v) is 9.08. The number of piperidine rings is 1. The van der Waals surface area contributed by atoms with Gasteiger partial charge < -0.3 is 15.5 Å². The number of aliphatic imine (C=N–C) groups is 1. The summed E-state index contributed by atoms with van der Waals surface area (Å²) in [6.45, 7) is 10.0. The SMILES string of the molecule is CCNC(=NCCCN1CCCCC1C)NCCN1CCCS1(=O)=O. The highest BCUT2D eigenvalue weighted by molar-refractivity contribution is 7.89. The topological polar surface area (TPSA) is 77.0 Å². The average molecular weight is 374 g/mol. The number of sulfonamides is 1. The molecule has 0 bridgehead atoms. The molecular weight excluding hydrogens is 338 g/mol. The molecule has 2 saturated heterocycles. The Morgan fingerprint density at radius 2 is 2.00 bits per heavy atom. The van der Waals surface area contributed by atoms with Crippen LogP contribution in [0.4, 0.5) is 0 Å². The van der Waals surface area contributed by atoms with Crippen molar-refractivity contribution in [1.29, 1.82) is 0 Å². The first kappa shape index (κ1) is 20.5. The van der Waals surface area contributed by atoms with Gasteiger partial charge in [0.15, 0.2) is 5.96 Å². The van der Waals surface area contributed by atoms with Crippen LogP contribution in [-0.4, -0.2) is 81.2 Å². The molecule has 0 aromatic heterocycles. The van der Waals surface area contributed by atoms with Gasteiger partial charge in [0.1, 0.15) is 0 Å². The van der Waals surface area contributed by atoms with E-state index in [4.69, 9.17) is 0 Å². The average Bonchev–Trinajstić information content (AvgIpc) is 2.91. The molecule has 0 aromatic rings. The fourth-order valence-corrected chi connectivity index (χ4v) is 5.07. The van der Waals surface area contributed by atoms with Crippen molar-refractivity contribution in [3.05, 3.63) is 0 Å². The highest BCUT2D eigenvalue weighted by atomic mass is 32.2. The Balaban J connectivity index is 1.68. The first-order valence-electron chi connectivity index (χ1n) is 9.77. The lowest BCUT2D eigenvalue weighted by atomic mass is 10.0. The smallest absolute Gasteiger partial charge is 0.214 e. The van der Waals surface area contributed by atoms with E-state index in [2.05, 4.69) is 27.4 Å². The van der Waals surface area contributed by atoms with Crippen molar-refractivity contribution < 1.29 is 8.42 Å². The van der Waals surface area contributed by atoms with Crippen molar-refractivity contribution in [2.24, 2.45) is 4.99 Å². The Kier molecular flexibility index (Phi) is 8.45. The Bertz CT molecular complexity index is 523. The molecule has 1 unspecified atom stereocenters. The number of likely N-dealkylation sites (tertiary alicyclic amines) is 1. The maximum absolute atomic E-state index is 11.8. The lowest BCUT2D eigenvalue weighted by Crippen LogP contribution is -2.42. The molecule has 2 N–H and O–H groups in total. The second kappa shape index (κ2) is 10.3. The van der Waals surface area contributed by atoms with E-state index in [1.807, 2.05) is 6.92 Å². The molecule has 2 heterocycles. The van der Waals surface area contributed by atoms with Crippen LogP contribution in [0.5, 0.6) is 0 Å². The third-order valence-corrected chi connectivity index (χ3v) is 6.97. The molecule has 1 atom stereocenters. The van der Waals surface area contributed by atoms with E-state index in [0.29, 0.717) is 25.7 Å². The summed E-state index contributed by atoms with van der Waals surface area (Å²) in [5, 5.41) is 6.48. The fraction of sp³-hybridized carbons (Fsp3) is 0.941. The minimum absolute atomic E-state index is 0.288. The van der Waals surface area contributed by atoms with Crippen LogP contribution in [-0.2, 0) is 10.0 Å². The summed E-state index contributed by atoms with van der Waals surface area (Å²) in [6, 6.07) is 0.700. The zero-order chi connectivity index (χ0) is 18.1. The third kappa shape index (κ3) is 6.75. The van der Waals surface area contributed by atoms with Gasteiger partial charge in [0, 0.05) is 45.3 Å². The van der Waals surface area contributed by atoms with Gasteiger partial charge in [-0.15, -0.1) is 0 Å². The molecule has 0 radical (unpaired) electrons. The summed E-state index contributed by atoms with van der Waals surface area (Å²) in [7, 11) is -3.01. The first-order chi connectivity index (χ1) is 12.0. The van der Waals surface area contributed by atoms with E-state index in [0.717, 1.165) is 38.4 Å². The van der Waals surface area contributed by atoms with Crippen molar-refractivity contribution in [2.45, 2.75) is 52.0 Å². The molecule has 8 heteroatoms. The number of guanidine groups is 1. The number of rotatable bonds is 8. The molecule has 0 saturated carbocycles. The molecule has 0 spiro atoms. The summed E-state index contributed by atoms with van der Waals surface area (Å²) >= 11 is 0. The summed E-state index contributed by atoms with van der Waals surface area (Å²) in [4.78, 5) is 7.19. The Morgan fingerprint density at radius 3 is 2.68 bits per heavy atom. The quantitative estimate of drug-likeness (QED) is 0.375. The molecule has 0 aromatic carbocycles. The van der Waals surface area contributed by atoms with Crippen LogP contribution in [0.2, 0.25) is 0 Å². The van der Waals surface area contributed by atoms with Crippen molar-refractivity contribution in [3.8, 4) is 0 Å². The number of hydrogen-bond donors (Lipinski definition) is 2. The molecule has 2 aliphatic rings. The molecule has 2 aliphatic heterocycles. The van der Waals surface area contributed by atoms with E-state index in [-0.39, 0.29) is 5.75 Å².